The molecule has 1 N–H and O–H groups in total. The van der Waals surface area contributed by atoms with Crippen LogP contribution in [0.3, 0.4) is 0 Å². The molecule has 0 aliphatic heterocycles. The van der Waals surface area contributed by atoms with Crippen LogP contribution in [0.5, 0.6) is 0 Å². The van der Waals surface area contributed by atoms with Gasteiger partial charge in [-0.1, -0.05) is 12.1 Å². The number of benzene rings is 1. The van der Waals surface area contributed by atoms with Gasteiger partial charge in [-0.05, 0) is 12.1 Å². The van der Waals surface area contributed by atoms with E-state index in [9.17, 15) is 9.59 Å². The Morgan fingerprint density at radius 1 is 1.20 bits per heavy atom. The average Bonchev–Trinajstić information content (AvgIpc) is 2.17. The molecular formula is C10H11N3O2. The molecule has 1 aromatic heterocycles. The van der Waals surface area contributed by atoms with E-state index in [0.29, 0.717) is 10.9 Å². The summed E-state index contributed by atoms with van der Waals surface area (Å²) >= 11 is 0. The van der Waals surface area contributed by atoms with Gasteiger partial charge in [0.25, 0.3) is 5.56 Å². The molecule has 2 aromatic rings. The van der Waals surface area contributed by atoms with Crippen LogP contribution in [-0.4, -0.2) is 23.8 Å². The largest absolute Gasteiger partial charge is 0.347 e. The van der Waals surface area contributed by atoms with Crippen LogP contribution in [0.15, 0.2) is 33.9 Å². The Bertz CT molecular complexity index is 610. The molecule has 0 aliphatic rings. The zero-order chi connectivity index (χ0) is 11.0. The third-order valence-corrected chi connectivity index (χ3v) is 2.19. The third kappa shape index (κ3) is 1.41. The highest BCUT2D eigenvalue weighted by Crippen LogP contribution is 2.05. The second-order valence-electron chi connectivity index (χ2n) is 3.44. The van der Waals surface area contributed by atoms with E-state index in [1.165, 1.54) is 4.68 Å². The van der Waals surface area contributed by atoms with Gasteiger partial charge in [0, 0.05) is 14.1 Å². The molecule has 0 saturated carbocycles. The number of hydrogen-bond donors (Lipinski definition) is 1. The van der Waals surface area contributed by atoms with Crippen LogP contribution >= 0.6 is 0 Å². The minimum absolute atomic E-state index is 0.353. The van der Waals surface area contributed by atoms with Crippen molar-refractivity contribution in [3.05, 3.63) is 45.1 Å². The Morgan fingerprint density at radius 2 is 1.87 bits per heavy atom. The number of nitrogens with one attached hydrogen (secondary N) is 1. The lowest BCUT2D eigenvalue weighted by Gasteiger charge is -2.17. The maximum absolute atomic E-state index is 11.6. The van der Waals surface area contributed by atoms with E-state index in [-0.39, 0.29) is 5.56 Å². The first kappa shape index (κ1) is 9.51. The van der Waals surface area contributed by atoms with Gasteiger partial charge in [-0.2, -0.15) is 0 Å². The number of aromatic nitrogens is 2. The van der Waals surface area contributed by atoms with Crippen LogP contribution in [0.1, 0.15) is 0 Å². The number of aromatic amines is 1. The van der Waals surface area contributed by atoms with Gasteiger partial charge in [-0.25, -0.2) is 9.47 Å². The molecule has 5 nitrogen and oxygen atoms in total. The lowest BCUT2D eigenvalue weighted by Crippen LogP contribution is -2.40. The molecule has 0 atom stereocenters. The number of rotatable bonds is 1. The molecule has 0 bridgehead atoms. The fourth-order valence-electron chi connectivity index (χ4n) is 1.57. The molecule has 0 spiro atoms. The average molecular weight is 205 g/mol. The van der Waals surface area contributed by atoms with Crippen molar-refractivity contribution in [3.8, 4) is 0 Å². The molecule has 78 valence electrons. The molecule has 0 aliphatic carbocycles. The van der Waals surface area contributed by atoms with Crippen LogP contribution in [0.25, 0.3) is 10.9 Å². The van der Waals surface area contributed by atoms with Crippen LogP contribution < -0.4 is 16.3 Å². The van der Waals surface area contributed by atoms with E-state index in [4.69, 9.17) is 0 Å². The van der Waals surface area contributed by atoms with E-state index in [1.807, 2.05) is 0 Å². The van der Waals surface area contributed by atoms with Crippen LogP contribution in [0.4, 0.5) is 0 Å². The first-order chi connectivity index (χ1) is 7.11. The molecule has 2 rings (SSSR count). The minimum atomic E-state index is -0.427. The van der Waals surface area contributed by atoms with Gasteiger partial charge >= 0.3 is 5.69 Å². The Kier molecular flexibility index (Phi) is 2.07. The summed E-state index contributed by atoms with van der Waals surface area (Å²) in [7, 11) is 3.48. The van der Waals surface area contributed by atoms with Gasteiger partial charge in [0.2, 0.25) is 0 Å². The SMILES string of the molecule is CN(C)n1c(=O)[nH]c(=O)c2ccccc21. The van der Waals surface area contributed by atoms with Gasteiger partial charge in [0.1, 0.15) is 0 Å². The molecule has 1 heterocycles. The zero-order valence-corrected chi connectivity index (χ0v) is 8.52. The van der Waals surface area contributed by atoms with E-state index >= 15 is 0 Å². The quantitative estimate of drug-likeness (QED) is 0.706. The van der Waals surface area contributed by atoms with Crippen molar-refractivity contribution in [3.63, 3.8) is 0 Å². The van der Waals surface area contributed by atoms with Gasteiger partial charge in [0.05, 0.1) is 10.9 Å². The van der Waals surface area contributed by atoms with Crippen molar-refractivity contribution in [2.45, 2.75) is 0 Å². The zero-order valence-electron chi connectivity index (χ0n) is 8.52. The fourth-order valence-corrected chi connectivity index (χ4v) is 1.57. The predicted molar refractivity (Wildman–Crippen MR) is 58.9 cm³/mol. The van der Waals surface area contributed by atoms with Crippen LogP contribution in [0, 0.1) is 0 Å². The number of nitrogens with zero attached hydrogens (tertiary/aromatic N) is 2. The van der Waals surface area contributed by atoms with Gasteiger partial charge in [-0.3, -0.25) is 9.78 Å². The second-order valence-corrected chi connectivity index (χ2v) is 3.44. The monoisotopic (exact) mass is 205 g/mol. The Morgan fingerprint density at radius 3 is 2.53 bits per heavy atom. The summed E-state index contributed by atoms with van der Waals surface area (Å²) in [4.78, 5) is 25.3. The van der Waals surface area contributed by atoms with Crippen molar-refractivity contribution in [2.24, 2.45) is 0 Å². The summed E-state index contributed by atoms with van der Waals surface area (Å²) in [6, 6.07) is 6.99. The van der Waals surface area contributed by atoms with E-state index in [2.05, 4.69) is 4.98 Å². The molecule has 0 radical (unpaired) electrons. The maximum Gasteiger partial charge on any atom is 0.347 e. The first-order valence-corrected chi connectivity index (χ1v) is 4.53. The number of fused-ring (bicyclic) bond motifs is 1. The molecule has 0 unspecified atom stereocenters. The van der Waals surface area contributed by atoms with Crippen LogP contribution in [-0.2, 0) is 0 Å². The molecular weight excluding hydrogens is 194 g/mol. The number of H-pyrrole nitrogens is 1. The van der Waals surface area contributed by atoms with Crippen molar-refractivity contribution >= 4 is 10.9 Å². The minimum Gasteiger partial charge on any atom is -0.314 e. The normalized spacial score (nSPS) is 10.5. The molecule has 15 heavy (non-hydrogen) atoms. The summed E-state index contributed by atoms with van der Waals surface area (Å²) in [5.41, 5.74) is -0.173. The molecule has 5 heteroatoms. The van der Waals surface area contributed by atoms with Gasteiger partial charge in [-0.15, -0.1) is 0 Å². The molecule has 0 saturated heterocycles. The van der Waals surface area contributed by atoms with Gasteiger partial charge in [0.15, 0.2) is 0 Å². The van der Waals surface area contributed by atoms with Gasteiger partial charge < -0.3 is 5.01 Å². The third-order valence-electron chi connectivity index (χ3n) is 2.19. The summed E-state index contributed by atoms with van der Waals surface area (Å²) in [5, 5.41) is 2.13. The van der Waals surface area contributed by atoms with Crippen molar-refractivity contribution in [1.29, 1.82) is 0 Å². The standard InChI is InChI=1S/C10H11N3O2/c1-12(2)13-8-6-4-3-5-7(8)9(14)11-10(13)15/h3-6H,1-2H3,(H,11,14,15). The second kappa shape index (κ2) is 3.27. The van der Waals surface area contributed by atoms with E-state index < -0.39 is 5.69 Å². The lowest BCUT2D eigenvalue weighted by atomic mass is 10.2. The van der Waals surface area contributed by atoms with Crippen molar-refractivity contribution < 1.29 is 0 Å². The Hall–Kier alpha value is -2.04. The highest BCUT2D eigenvalue weighted by atomic mass is 16.2. The topological polar surface area (TPSA) is 58.1 Å². The summed E-state index contributed by atoms with van der Waals surface area (Å²) in [6.07, 6.45) is 0. The Balaban J connectivity index is 3.03. The molecule has 1 aromatic carbocycles. The smallest absolute Gasteiger partial charge is 0.314 e. The number of hydrogen-bond acceptors (Lipinski definition) is 3. The number of para-hydroxylation sites is 1. The summed E-state index contributed by atoms with van der Waals surface area (Å²) in [5.74, 6) is 0. The molecule has 0 amide bonds. The maximum atomic E-state index is 11.6. The van der Waals surface area contributed by atoms with Crippen molar-refractivity contribution in [1.82, 2.24) is 9.66 Å². The van der Waals surface area contributed by atoms with E-state index in [1.54, 1.807) is 43.4 Å². The van der Waals surface area contributed by atoms with E-state index in [0.717, 1.165) is 0 Å². The Labute approximate surface area is 85.5 Å². The predicted octanol–water partition coefficient (Wildman–Crippen LogP) is -0.113. The van der Waals surface area contributed by atoms with Crippen LogP contribution in [0.2, 0.25) is 0 Å². The summed E-state index contributed by atoms with van der Waals surface area (Å²) in [6.45, 7) is 0. The summed E-state index contributed by atoms with van der Waals surface area (Å²) < 4.78 is 1.41. The van der Waals surface area contributed by atoms with Crippen molar-refractivity contribution in [2.75, 3.05) is 19.1 Å². The highest BCUT2D eigenvalue weighted by Gasteiger charge is 2.06. The molecule has 0 fully saturated rings. The highest BCUT2D eigenvalue weighted by molar-refractivity contribution is 5.77. The first-order valence-electron chi connectivity index (χ1n) is 4.53. The lowest BCUT2D eigenvalue weighted by molar-refractivity contribution is 0.701. The fraction of sp³-hybridized carbons (Fsp3) is 0.200.